The number of aryl methyl sites for hydroxylation is 5. The highest BCUT2D eigenvalue weighted by molar-refractivity contribution is 7.23. The molecule has 0 bridgehead atoms. The second kappa shape index (κ2) is 15.5. The van der Waals surface area contributed by atoms with Gasteiger partial charge in [-0.15, -0.1) is 22.7 Å². The fourth-order valence-electron chi connectivity index (χ4n) is 5.97. The van der Waals surface area contributed by atoms with Crippen molar-refractivity contribution in [2.75, 3.05) is 6.61 Å². The Morgan fingerprint density at radius 2 is 0.750 bits per heavy atom. The van der Waals surface area contributed by atoms with Crippen molar-refractivity contribution in [1.82, 2.24) is 0 Å². The largest absolute Gasteiger partial charge is 0.494 e. The third-order valence-corrected chi connectivity index (χ3v) is 11.2. The van der Waals surface area contributed by atoms with Gasteiger partial charge in [-0.05, 0) is 124 Å². The fraction of sp³-hybridized carbons (Fsp3) is 0.149. The van der Waals surface area contributed by atoms with Crippen LogP contribution < -0.4 is 14.2 Å². The monoisotopic (exact) mass is 718 g/mol. The molecular formula is C47H42O3S2. The zero-order chi connectivity index (χ0) is 36.2. The van der Waals surface area contributed by atoms with Gasteiger partial charge in [0.05, 0.1) is 16.4 Å². The Labute approximate surface area is 314 Å². The zero-order valence-corrected chi connectivity index (χ0v) is 32.1. The molecular weight excluding hydrogens is 677 g/mol. The first kappa shape index (κ1) is 35.1. The molecule has 0 aliphatic rings. The molecule has 0 spiro atoms. The van der Waals surface area contributed by atoms with Crippen LogP contribution in [-0.4, -0.2) is 6.61 Å². The summed E-state index contributed by atoms with van der Waals surface area (Å²) in [6.45, 7) is 13.2. The van der Waals surface area contributed by atoms with Crippen LogP contribution in [0.15, 0.2) is 133 Å². The molecule has 0 amide bonds. The third kappa shape index (κ3) is 7.91. The average Bonchev–Trinajstić information content (AvgIpc) is 3.68. The van der Waals surface area contributed by atoms with Gasteiger partial charge < -0.3 is 14.2 Å². The van der Waals surface area contributed by atoms with Gasteiger partial charge in [0.25, 0.3) is 0 Å². The molecule has 0 atom stereocenters. The maximum Gasteiger partial charge on any atom is 0.153 e. The Morgan fingerprint density at radius 3 is 1.15 bits per heavy atom. The van der Waals surface area contributed by atoms with E-state index in [2.05, 4.69) is 132 Å². The van der Waals surface area contributed by atoms with Crippen molar-refractivity contribution in [2.45, 2.75) is 41.5 Å². The lowest BCUT2D eigenvalue weighted by atomic mass is 10.1. The van der Waals surface area contributed by atoms with Gasteiger partial charge in [-0.2, -0.15) is 0 Å². The molecule has 8 rings (SSSR count). The van der Waals surface area contributed by atoms with E-state index in [1.807, 2.05) is 43.3 Å². The standard InChI is InChI=1S/C24H22O2S.C23H20OS/c1-4-25-19-10-12-20(13-11-19)26-23-21-14-7-17(3)15-22(21)27-24(23)18-8-5-16(2)6-9-18;1-15-4-9-18(10-5-15)23-22(24-19-11-6-16(2)7-12-19)20-13-8-17(3)14-21(20)25-23/h5-15H,4H2,1-3H3;4-14H,1-3H3. The van der Waals surface area contributed by atoms with Crippen LogP contribution >= 0.6 is 22.7 Å². The molecule has 0 unspecified atom stereocenters. The lowest BCUT2D eigenvalue weighted by Crippen LogP contribution is -1.91. The summed E-state index contributed by atoms with van der Waals surface area (Å²) in [5, 5.41) is 2.32. The zero-order valence-electron chi connectivity index (χ0n) is 30.5. The minimum atomic E-state index is 0.659. The average molecular weight is 719 g/mol. The topological polar surface area (TPSA) is 27.7 Å². The number of ether oxygens (including phenoxy) is 3. The molecule has 2 heterocycles. The van der Waals surface area contributed by atoms with E-state index < -0.39 is 0 Å². The number of thiophene rings is 2. The van der Waals surface area contributed by atoms with E-state index >= 15 is 0 Å². The van der Waals surface area contributed by atoms with Gasteiger partial charge in [-0.3, -0.25) is 0 Å². The number of hydrogen-bond donors (Lipinski definition) is 0. The summed E-state index contributed by atoms with van der Waals surface area (Å²) in [6.07, 6.45) is 0. The third-order valence-electron chi connectivity index (χ3n) is 8.82. The minimum Gasteiger partial charge on any atom is -0.494 e. The van der Waals surface area contributed by atoms with Gasteiger partial charge in [0.1, 0.15) is 17.2 Å². The molecule has 0 fully saturated rings. The van der Waals surface area contributed by atoms with Crippen molar-refractivity contribution in [3.8, 4) is 49.6 Å². The highest BCUT2D eigenvalue weighted by atomic mass is 32.1. The molecule has 0 radical (unpaired) electrons. The second-order valence-corrected chi connectivity index (χ2v) is 15.3. The molecule has 8 aromatic rings. The van der Waals surface area contributed by atoms with E-state index in [9.17, 15) is 0 Å². The number of fused-ring (bicyclic) bond motifs is 2. The molecule has 0 N–H and O–H groups in total. The maximum absolute atomic E-state index is 6.38. The summed E-state index contributed by atoms with van der Waals surface area (Å²) >= 11 is 3.57. The fourth-order valence-corrected chi connectivity index (χ4v) is 8.43. The summed E-state index contributed by atoms with van der Waals surface area (Å²) in [6, 6.07) is 46.4. The van der Waals surface area contributed by atoms with Gasteiger partial charge in [0.15, 0.2) is 11.5 Å². The van der Waals surface area contributed by atoms with Crippen LogP contribution in [0.5, 0.6) is 28.7 Å². The highest BCUT2D eigenvalue weighted by Gasteiger charge is 2.18. The second-order valence-electron chi connectivity index (χ2n) is 13.2. The van der Waals surface area contributed by atoms with Crippen molar-refractivity contribution in [1.29, 1.82) is 0 Å². The summed E-state index contributed by atoms with van der Waals surface area (Å²) < 4.78 is 20.8. The van der Waals surface area contributed by atoms with E-state index in [0.717, 1.165) is 39.0 Å². The van der Waals surface area contributed by atoms with Crippen LogP contribution in [0.25, 0.3) is 41.1 Å². The molecule has 5 heteroatoms. The van der Waals surface area contributed by atoms with Crippen LogP contribution in [0.1, 0.15) is 34.7 Å². The molecule has 260 valence electrons. The number of benzene rings is 6. The smallest absolute Gasteiger partial charge is 0.153 e. The van der Waals surface area contributed by atoms with E-state index in [1.54, 1.807) is 22.7 Å². The molecule has 0 aliphatic carbocycles. The van der Waals surface area contributed by atoms with Crippen molar-refractivity contribution in [3.05, 3.63) is 161 Å². The molecule has 0 saturated carbocycles. The highest BCUT2D eigenvalue weighted by Crippen LogP contribution is 2.48. The normalized spacial score (nSPS) is 11.0. The maximum atomic E-state index is 6.38. The summed E-state index contributed by atoms with van der Waals surface area (Å²) in [5.74, 6) is 4.41. The van der Waals surface area contributed by atoms with Gasteiger partial charge >= 0.3 is 0 Å². The van der Waals surface area contributed by atoms with Crippen molar-refractivity contribution in [3.63, 3.8) is 0 Å². The van der Waals surface area contributed by atoms with Gasteiger partial charge in [0.2, 0.25) is 0 Å². The first-order valence-corrected chi connectivity index (χ1v) is 19.2. The van der Waals surface area contributed by atoms with Gasteiger partial charge in [-0.1, -0.05) is 89.5 Å². The summed E-state index contributed by atoms with van der Waals surface area (Å²) in [5.41, 5.74) is 8.66. The number of hydrogen-bond acceptors (Lipinski definition) is 5. The lowest BCUT2D eigenvalue weighted by Gasteiger charge is -2.09. The quantitative estimate of drug-likeness (QED) is 0.157. The van der Waals surface area contributed by atoms with Crippen LogP contribution in [0.3, 0.4) is 0 Å². The lowest BCUT2D eigenvalue weighted by molar-refractivity contribution is 0.339. The Kier molecular flexibility index (Phi) is 10.4. The van der Waals surface area contributed by atoms with Crippen molar-refractivity contribution < 1.29 is 14.2 Å². The van der Waals surface area contributed by atoms with E-state index in [1.165, 1.54) is 58.6 Å². The molecule has 2 aromatic heterocycles. The molecule has 3 nitrogen and oxygen atoms in total. The molecule has 52 heavy (non-hydrogen) atoms. The van der Waals surface area contributed by atoms with E-state index in [-0.39, 0.29) is 0 Å². The van der Waals surface area contributed by atoms with Gasteiger partial charge in [0, 0.05) is 20.2 Å². The van der Waals surface area contributed by atoms with Crippen LogP contribution in [0.4, 0.5) is 0 Å². The first-order chi connectivity index (χ1) is 25.2. The SMILES string of the molecule is CCOc1ccc(Oc2c(-c3ccc(C)cc3)sc3cc(C)ccc23)cc1.Cc1ccc(Oc2c(-c3ccc(C)cc3)sc3cc(C)ccc23)cc1. The molecule has 6 aromatic carbocycles. The van der Waals surface area contributed by atoms with Crippen LogP contribution in [0.2, 0.25) is 0 Å². The van der Waals surface area contributed by atoms with Gasteiger partial charge in [-0.25, -0.2) is 0 Å². The number of rotatable bonds is 8. The predicted molar refractivity (Wildman–Crippen MR) is 222 cm³/mol. The molecule has 0 aliphatic heterocycles. The summed E-state index contributed by atoms with van der Waals surface area (Å²) in [4.78, 5) is 2.34. The molecule has 0 saturated heterocycles. The Hall–Kier alpha value is -5.36. The summed E-state index contributed by atoms with van der Waals surface area (Å²) in [7, 11) is 0. The van der Waals surface area contributed by atoms with Crippen LogP contribution in [-0.2, 0) is 0 Å². The Morgan fingerprint density at radius 1 is 0.404 bits per heavy atom. The van der Waals surface area contributed by atoms with E-state index in [4.69, 9.17) is 14.2 Å². The minimum absolute atomic E-state index is 0.659. The Bertz CT molecular complexity index is 2430. The Balaban J connectivity index is 0.000000162. The first-order valence-electron chi connectivity index (χ1n) is 17.6. The van der Waals surface area contributed by atoms with Crippen molar-refractivity contribution >= 4 is 42.8 Å². The van der Waals surface area contributed by atoms with Crippen molar-refractivity contribution in [2.24, 2.45) is 0 Å². The predicted octanol–water partition coefficient (Wildman–Crippen LogP) is 14.7. The van der Waals surface area contributed by atoms with Crippen LogP contribution in [0, 0.1) is 34.6 Å². The van der Waals surface area contributed by atoms with E-state index in [0.29, 0.717) is 6.61 Å².